The summed E-state index contributed by atoms with van der Waals surface area (Å²) in [5.74, 6) is -3.09. The molecule has 2 rings (SSSR count). The van der Waals surface area contributed by atoms with Gasteiger partial charge in [0.15, 0.2) is 0 Å². The molecule has 1 aromatic rings. The number of nitrogens with zero attached hydrogens (tertiary/aromatic N) is 2. The Kier molecular flexibility index (Phi) is 5.18. The lowest BCUT2D eigenvalue weighted by Gasteiger charge is -2.22. The Bertz CT molecular complexity index is 694. The van der Waals surface area contributed by atoms with E-state index in [4.69, 9.17) is 0 Å². The van der Waals surface area contributed by atoms with Crippen LogP contribution in [0.15, 0.2) is 23.1 Å². The Morgan fingerprint density at radius 3 is 2.61 bits per heavy atom. The van der Waals surface area contributed by atoms with Gasteiger partial charge in [-0.3, -0.25) is 10.1 Å². The van der Waals surface area contributed by atoms with E-state index in [0.29, 0.717) is 19.0 Å². The number of rotatable bonds is 4. The van der Waals surface area contributed by atoms with E-state index in [2.05, 4.69) is 6.92 Å². The molecule has 1 aromatic carbocycles. The third-order valence-corrected chi connectivity index (χ3v) is 5.44. The summed E-state index contributed by atoms with van der Waals surface area (Å²) in [6.07, 6.45) is 2.76. The van der Waals surface area contributed by atoms with Crippen LogP contribution in [0.1, 0.15) is 26.2 Å². The first-order valence-corrected chi connectivity index (χ1v) is 8.83. The fraction of sp³-hybridized carbons (Fsp3) is 0.571. The Morgan fingerprint density at radius 2 is 2.00 bits per heavy atom. The van der Waals surface area contributed by atoms with Crippen LogP contribution >= 0.6 is 0 Å². The van der Waals surface area contributed by atoms with Crippen molar-refractivity contribution in [2.45, 2.75) is 36.8 Å². The van der Waals surface area contributed by atoms with Crippen molar-refractivity contribution < 1.29 is 22.1 Å². The molecule has 1 aliphatic heterocycles. The highest BCUT2D eigenvalue weighted by Gasteiger charge is 2.30. The first kappa shape index (κ1) is 17.6. The van der Waals surface area contributed by atoms with E-state index >= 15 is 0 Å². The van der Waals surface area contributed by atoms with Gasteiger partial charge in [0, 0.05) is 19.2 Å². The summed E-state index contributed by atoms with van der Waals surface area (Å²) in [5.41, 5.74) is -0.182. The summed E-state index contributed by atoms with van der Waals surface area (Å²) < 4.78 is 48.2. The van der Waals surface area contributed by atoms with Crippen LogP contribution in [0.4, 0.5) is 20.2 Å². The highest BCUT2D eigenvalue weighted by Crippen LogP contribution is 2.34. The van der Waals surface area contributed by atoms with Crippen molar-refractivity contribution in [1.82, 2.24) is 0 Å². The first-order chi connectivity index (χ1) is 10.7. The smallest absolute Gasteiger partial charge is 0.341 e. The Balaban J connectivity index is 2.43. The van der Waals surface area contributed by atoms with Gasteiger partial charge in [-0.2, -0.15) is 8.78 Å². The highest BCUT2D eigenvalue weighted by molar-refractivity contribution is 7.91. The van der Waals surface area contributed by atoms with E-state index in [0.717, 1.165) is 31.4 Å². The van der Waals surface area contributed by atoms with Crippen molar-refractivity contribution >= 4 is 21.2 Å². The number of anilines is 1. The van der Waals surface area contributed by atoms with Gasteiger partial charge >= 0.3 is 5.76 Å². The number of halogens is 2. The zero-order chi connectivity index (χ0) is 17.2. The molecule has 0 aliphatic carbocycles. The summed E-state index contributed by atoms with van der Waals surface area (Å²) in [4.78, 5) is 11.6. The normalized spacial score (nSPS) is 19.7. The first-order valence-electron chi connectivity index (χ1n) is 7.29. The van der Waals surface area contributed by atoms with Gasteiger partial charge in [-0.25, -0.2) is 8.42 Å². The van der Waals surface area contributed by atoms with E-state index in [1.165, 1.54) is 6.07 Å². The standard InChI is InChI=1S/C14H18F2N2O4S/c1-10-3-2-7-17(8-6-10)12-5-4-11(9-13(12)18(19)20)23(21,22)14(15)16/h4-5,9-10,14H,2-3,6-8H2,1H3. The molecule has 1 atom stereocenters. The summed E-state index contributed by atoms with van der Waals surface area (Å²) in [7, 11) is -4.85. The molecule has 1 unspecified atom stereocenters. The zero-order valence-electron chi connectivity index (χ0n) is 12.6. The molecule has 0 radical (unpaired) electrons. The second kappa shape index (κ2) is 6.77. The summed E-state index contributed by atoms with van der Waals surface area (Å²) >= 11 is 0. The molecule has 9 heteroatoms. The second-order valence-electron chi connectivity index (χ2n) is 5.74. The summed E-state index contributed by atoms with van der Waals surface area (Å²) in [6, 6.07) is 2.99. The van der Waals surface area contributed by atoms with E-state index < -0.39 is 31.1 Å². The fourth-order valence-corrected chi connectivity index (χ4v) is 3.44. The predicted molar refractivity (Wildman–Crippen MR) is 81.5 cm³/mol. The Morgan fingerprint density at radius 1 is 1.30 bits per heavy atom. The Hall–Kier alpha value is -1.77. The molecule has 1 fully saturated rings. The fourth-order valence-electron chi connectivity index (χ4n) is 2.70. The third-order valence-electron chi connectivity index (χ3n) is 4.06. The molecule has 0 aromatic heterocycles. The van der Waals surface area contributed by atoms with Gasteiger partial charge in [-0.1, -0.05) is 6.92 Å². The largest absolute Gasteiger partial charge is 0.366 e. The van der Waals surface area contributed by atoms with E-state index in [-0.39, 0.29) is 5.69 Å². The number of nitro benzene ring substituents is 1. The SMILES string of the molecule is CC1CCCN(c2ccc(S(=O)(=O)C(F)F)cc2[N+](=O)[O-])CC1. The molecule has 0 spiro atoms. The van der Waals surface area contributed by atoms with Crippen LogP contribution in [-0.2, 0) is 9.84 Å². The number of hydrogen-bond donors (Lipinski definition) is 0. The maximum Gasteiger partial charge on any atom is 0.341 e. The van der Waals surface area contributed by atoms with Crippen molar-refractivity contribution in [2.75, 3.05) is 18.0 Å². The van der Waals surface area contributed by atoms with Crippen LogP contribution < -0.4 is 4.90 Å². The van der Waals surface area contributed by atoms with Crippen molar-refractivity contribution in [3.8, 4) is 0 Å². The maximum atomic E-state index is 12.6. The molecule has 23 heavy (non-hydrogen) atoms. The van der Waals surface area contributed by atoms with Crippen molar-refractivity contribution in [3.63, 3.8) is 0 Å². The molecule has 0 saturated carbocycles. The molecule has 0 N–H and O–H groups in total. The number of hydrogen-bond acceptors (Lipinski definition) is 5. The van der Waals surface area contributed by atoms with Crippen LogP contribution in [-0.4, -0.2) is 32.2 Å². The molecule has 0 bridgehead atoms. The van der Waals surface area contributed by atoms with Crippen LogP contribution in [0.2, 0.25) is 0 Å². The van der Waals surface area contributed by atoms with Crippen LogP contribution in [0.5, 0.6) is 0 Å². The van der Waals surface area contributed by atoms with Crippen molar-refractivity contribution in [2.24, 2.45) is 5.92 Å². The van der Waals surface area contributed by atoms with E-state index in [9.17, 15) is 27.3 Å². The minimum atomic E-state index is -4.85. The van der Waals surface area contributed by atoms with Crippen LogP contribution in [0.3, 0.4) is 0 Å². The number of benzene rings is 1. The quantitative estimate of drug-likeness (QED) is 0.616. The second-order valence-corrected chi connectivity index (χ2v) is 7.65. The van der Waals surface area contributed by atoms with Crippen molar-refractivity contribution in [3.05, 3.63) is 28.3 Å². The van der Waals surface area contributed by atoms with Crippen LogP contribution in [0, 0.1) is 16.0 Å². The van der Waals surface area contributed by atoms with Gasteiger partial charge < -0.3 is 4.90 Å². The van der Waals surface area contributed by atoms with Gasteiger partial charge in [-0.05, 0) is 37.3 Å². The lowest BCUT2D eigenvalue weighted by atomic mass is 10.0. The van der Waals surface area contributed by atoms with Gasteiger partial charge in [-0.15, -0.1) is 0 Å². The van der Waals surface area contributed by atoms with Crippen molar-refractivity contribution in [1.29, 1.82) is 0 Å². The van der Waals surface area contributed by atoms with Gasteiger partial charge in [0.05, 0.1) is 9.82 Å². The number of sulfone groups is 1. The summed E-state index contributed by atoms with van der Waals surface area (Å²) in [6.45, 7) is 3.34. The molecule has 1 aliphatic rings. The molecular weight excluding hydrogens is 330 g/mol. The topological polar surface area (TPSA) is 80.5 Å². The minimum absolute atomic E-state index is 0.275. The van der Waals surface area contributed by atoms with E-state index in [1.807, 2.05) is 4.90 Å². The van der Waals surface area contributed by atoms with Gasteiger partial charge in [0.1, 0.15) is 5.69 Å². The molecule has 128 valence electrons. The van der Waals surface area contributed by atoms with Gasteiger partial charge in [0.25, 0.3) is 5.69 Å². The Labute approximate surface area is 133 Å². The molecule has 1 saturated heterocycles. The third kappa shape index (κ3) is 3.77. The number of alkyl halides is 2. The lowest BCUT2D eigenvalue weighted by molar-refractivity contribution is -0.384. The van der Waals surface area contributed by atoms with Gasteiger partial charge in [0.2, 0.25) is 9.84 Å². The monoisotopic (exact) mass is 348 g/mol. The molecule has 0 amide bonds. The lowest BCUT2D eigenvalue weighted by Crippen LogP contribution is -2.25. The average Bonchev–Trinajstić information content (AvgIpc) is 2.71. The molecule has 1 heterocycles. The highest BCUT2D eigenvalue weighted by atomic mass is 32.2. The number of nitro groups is 1. The minimum Gasteiger partial charge on any atom is -0.366 e. The maximum absolute atomic E-state index is 12.6. The average molecular weight is 348 g/mol. The van der Waals surface area contributed by atoms with E-state index in [1.54, 1.807) is 0 Å². The molecular formula is C14H18F2N2O4S. The zero-order valence-corrected chi connectivity index (χ0v) is 13.4. The van der Waals surface area contributed by atoms with Crippen LogP contribution in [0.25, 0.3) is 0 Å². The molecule has 6 nitrogen and oxygen atoms in total. The predicted octanol–water partition coefficient (Wildman–Crippen LogP) is 3.22. The summed E-state index contributed by atoms with van der Waals surface area (Å²) in [5, 5.41) is 11.3.